The first kappa shape index (κ1) is 21.3. The minimum atomic E-state index is -1.32. The van der Waals surface area contributed by atoms with E-state index in [-0.39, 0.29) is 6.61 Å². The minimum Gasteiger partial charge on any atom is -0.396 e. The van der Waals surface area contributed by atoms with Crippen LogP contribution in [0.5, 0.6) is 0 Å². The molecule has 0 aromatic heterocycles. The molecular formula is C24H38O7. The van der Waals surface area contributed by atoms with Crippen LogP contribution >= 0.6 is 0 Å². The highest BCUT2D eigenvalue weighted by Crippen LogP contribution is 2.74. The third kappa shape index (κ3) is 2.12. The molecule has 0 amide bonds. The van der Waals surface area contributed by atoms with Crippen LogP contribution in [0.2, 0.25) is 0 Å². The highest BCUT2D eigenvalue weighted by Gasteiger charge is 2.92. The summed E-state index contributed by atoms with van der Waals surface area (Å²) in [6.45, 7) is 3.21. The number of aliphatic hydroxyl groups excluding tert-OH is 1. The monoisotopic (exact) mass is 438 g/mol. The lowest BCUT2D eigenvalue weighted by Crippen LogP contribution is -2.94. The van der Waals surface area contributed by atoms with Crippen molar-refractivity contribution < 1.29 is 33.9 Å². The summed E-state index contributed by atoms with van der Waals surface area (Å²) in [5.74, 6) is 0. The van der Waals surface area contributed by atoms with Crippen molar-refractivity contribution in [2.75, 3.05) is 39.6 Å². The van der Waals surface area contributed by atoms with Crippen molar-refractivity contribution in [2.24, 2.45) is 0 Å². The van der Waals surface area contributed by atoms with E-state index in [9.17, 15) is 10.2 Å². The normalized spacial score (nSPS) is 54.0. The van der Waals surface area contributed by atoms with Crippen LogP contribution in [0.25, 0.3) is 0 Å². The topological polar surface area (TPSA) is 86.6 Å². The third-order valence-corrected chi connectivity index (χ3v) is 9.75. The van der Waals surface area contributed by atoms with Crippen molar-refractivity contribution in [1.29, 1.82) is 0 Å². The average Bonchev–Trinajstić information content (AvgIpc) is 3.61. The van der Waals surface area contributed by atoms with E-state index >= 15 is 0 Å². The van der Waals surface area contributed by atoms with E-state index in [2.05, 4.69) is 0 Å². The maximum Gasteiger partial charge on any atom is 0.132 e. The minimum absolute atomic E-state index is 0.0256. The van der Waals surface area contributed by atoms with Gasteiger partial charge in [-0.25, -0.2) is 0 Å². The lowest BCUT2D eigenvalue weighted by atomic mass is 9.41. The Hall–Kier alpha value is -0.280. The summed E-state index contributed by atoms with van der Waals surface area (Å²) in [6.07, 6.45) is 9.37. The van der Waals surface area contributed by atoms with Gasteiger partial charge in [-0.05, 0) is 77.0 Å². The van der Waals surface area contributed by atoms with Gasteiger partial charge in [0.2, 0.25) is 0 Å². The number of fused-ring (bicyclic) bond motifs is 4. The molecule has 5 aliphatic heterocycles. The van der Waals surface area contributed by atoms with Gasteiger partial charge in [0, 0.05) is 39.6 Å². The average molecular weight is 439 g/mol. The van der Waals surface area contributed by atoms with Crippen LogP contribution in [0, 0.1) is 0 Å². The predicted molar refractivity (Wildman–Crippen MR) is 111 cm³/mol. The van der Waals surface area contributed by atoms with Crippen LogP contribution in [0.1, 0.15) is 77.0 Å². The molecule has 6 fully saturated rings. The smallest absolute Gasteiger partial charge is 0.132 e. The van der Waals surface area contributed by atoms with Crippen molar-refractivity contribution in [1.82, 2.24) is 0 Å². The zero-order valence-electron chi connectivity index (χ0n) is 18.7. The molecule has 6 rings (SSSR count). The van der Waals surface area contributed by atoms with Gasteiger partial charge in [0.05, 0.1) is 0 Å². The predicted octanol–water partition coefficient (Wildman–Crippen LogP) is 2.25. The molecule has 31 heavy (non-hydrogen) atoms. The molecule has 176 valence electrons. The first-order valence-corrected chi connectivity index (χ1v) is 12.6. The Kier molecular flexibility index (Phi) is 4.88. The molecule has 7 heteroatoms. The second-order valence-electron chi connectivity index (χ2n) is 10.6. The van der Waals surface area contributed by atoms with Crippen molar-refractivity contribution in [3.8, 4) is 0 Å². The van der Waals surface area contributed by atoms with Crippen LogP contribution in [0.4, 0.5) is 0 Å². The van der Waals surface area contributed by atoms with E-state index in [1.54, 1.807) is 0 Å². The van der Waals surface area contributed by atoms with Crippen LogP contribution in [-0.4, -0.2) is 83.5 Å². The molecule has 5 heterocycles. The quantitative estimate of drug-likeness (QED) is 0.699. The van der Waals surface area contributed by atoms with E-state index in [1.165, 1.54) is 0 Å². The van der Waals surface area contributed by atoms with Crippen LogP contribution < -0.4 is 0 Å². The fourth-order valence-electron chi connectivity index (χ4n) is 9.11. The summed E-state index contributed by atoms with van der Waals surface area (Å²) >= 11 is 0. The fourth-order valence-corrected chi connectivity index (χ4v) is 9.11. The highest BCUT2D eigenvalue weighted by molar-refractivity contribution is 5.42. The first-order chi connectivity index (χ1) is 15.1. The second-order valence-corrected chi connectivity index (χ2v) is 10.6. The molecule has 0 bridgehead atoms. The Balaban J connectivity index is 1.67. The molecular weight excluding hydrogens is 400 g/mol. The third-order valence-electron chi connectivity index (χ3n) is 9.75. The molecule has 2 unspecified atom stereocenters. The Labute approximate surface area is 184 Å². The van der Waals surface area contributed by atoms with E-state index in [0.29, 0.717) is 45.9 Å². The number of hydrogen-bond donors (Lipinski definition) is 2. The Bertz CT molecular complexity index is 630. The van der Waals surface area contributed by atoms with Gasteiger partial charge in [0.15, 0.2) is 0 Å². The molecule has 0 aromatic carbocycles. The molecule has 0 radical (unpaired) electrons. The summed E-state index contributed by atoms with van der Waals surface area (Å²) in [4.78, 5) is 0. The van der Waals surface area contributed by atoms with Gasteiger partial charge in [-0.3, -0.25) is 0 Å². The summed E-state index contributed by atoms with van der Waals surface area (Å²) in [7, 11) is 0. The molecule has 6 atom stereocenters. The van der Waals surface area contributed by atoms with Crippen molar-refractivity contribution in [2.45, 2.75) is 111 Å². The van der Waals surface area contributed by atoms with Gasteiger partial charge < -0.3 is 33.9 Å². The molecule has 5 spiro atoms. The number of aliphatic hydroxyl groups is 2. The fraction of sp³-hybridized carbons (Fsp3) is 1.00. The maximum atomic E-state index is 13.0. The van der Waals surface area contributed by atoms with E-state index in [4.69, 9.17) is 23.7 Å². The largest absolute Gasteiger partial charge is 0.396 e. The summed E-state index contributed by atoms with van der Waals surface area (Å²) in [6, 6.07) is 0. The number of rotatable bonds is 3. The first-order valence-electron chi connectivity index (χ1n) is 12.6. The molecule has 7 nitrogen and oxygen atoms in total. The zero-order valence-corrected chi connectivity index (χ0v) is 18.7. The summed E-state index contributed by atoms with van der Waals surface area (Å²) in [5, 5.41) is 22.8. The van der Waals surface area contributed by atoms with Gasteiger partial charge in [-0.2, -0.15) is 0 Å². The Morgan fingerprint density at radius 1 is 0.516 bits per heavy atom. The van der Waals surface area contributed by atoms with Crippen molar-refractivity contribution >= 4 is 0 Å². The van der Waals surface area contributed by atoms with Gasteiger partial charge in [-0.15, -0.1) is 0 Å². The SMILES string of the molecule is OCCCC1(O)[C@@]2(CCCO2)[C@]2(CCCO2)C2(CCCO2)[C@]2(CCCO2)[C@]12CCCO2. The zero-order chi connectivity index (χ0) is 21.3. The number of hydrogen-bond acceptors (Lipinski definition) is 7. The molecule has 2 N–H and O–H groups in total. The summed E-state index contributed by atoms with van der Waals surface area (Å²) in [5.41, 5.74) is -5.37. The van der Waals surface area contributed by atoms with Crippen molar-refractivity contribution in [3.05, 3.63) is 0 Å². The number of ether oxygens (including phenoxy) is 5. The standard InChI is InChI=1S/C24H38O7/c25-13-1-7-19(26)20(8-2-14-27-20)22(10-4-16-29-22)24(12-6-18-31-24)23(11-5-17-30-23)21(19)9-3-15-28-21/h25-26H,1-18H2/t19?,20-,21-,22-,23+,24?/m0/s1. The lowest BCUT2D eigenvalue weighted by Gasteiger charge is -2.74. The second kappa shape index (κ2) is 7.11. The van der Waals surface area contributed by atoms with Crippen LogP contribution in [-0.2, 0) is 23.7 Å². The molecule has 1 saturated carbocycles. The van der Waals surface area contributed by atoms with Crippen LogP contribution in [0.15, 0.2) is 0 Å². The highest BCUT2D eigenvalue weighted by atomic mass is 16.6. The van der Waals surface area contributed by atoms with Crippen molar-refractivity contribution in [3.63, 3.8) is 0 Å². The Morgan fingerprint density at radius 2 is 0.839 bits per heavy atom. The molecule has 1 aliphatic carbocycles. The molecule has 6 aliphatic rings. The Morgan fingerprint density at radius 3 is 1.13 bits per heavy atom. The van der Waals surface area contributed by atoms with E-state index < -0.39 is 33.6 Å². The molecule has 5 saturated heterocycles. The lowest BCUT2D eigenvalue weighted by molar-refractivity contribution is -0.438. The van der Waals surface area contributed by atoms with Gasteiger partial charge in [0.25, 0.3) is 0 Å². The van der Waals surface area contributed by atoms with E-state index in [1.807, 2.05) is 0 Å². The maximum absolute atomic E-state index is 13.0. The van der Waals surface area contributed by atoms with Crippen LogP contribution in [0.3, 0.4) is 0 Å². The summed E-state index contributed by atoms with van der Waals surface area (Å²) < 4.78 is 34.0. The van der Waals surface area contributed by atoms with Gasteiger partial charge >= 0.3 is 0 Å². The van der Waals surface area contributed by atoms with Gasteiger partial charge in [0.1, 0.15) is 33.6 Å². The van der Waals surface area contributed by atoms with Gasteiger partial charge in [-0.1, -0.05) is 0 Å². The van der Waals surface area contributed by atoms with E-state index in [0.717, 1.165) is 64.2 Å². The molecule has 0 aromatic rings.